The second-order valence-corrected chi connectivity index (χ2v) is 3.72. The molecule has 1 saturated heterocycles. The summed E-state index contributed by atoms with van der Waals surface area (Å²) in [6, 6.07) is -0.530. The van der Waals surface area contributed by atoms with E-state index in [2.05, 4.69) is 4.74 Å². The van der Waals surface area contributed by atoms with Crippen molar-refractivity contribution in [1.82, 2.24) is 4.90 Å². The van der Waals surface area contributed by atoms with Crippen LogP contribution < -0.4 is 0 Å². The Bertz CT molecular complexity index is 262. The molecule has 0 N–H and O–H groups in total. The van der Waals surface area contributed by atoms with Gasteiger partial charge in [-0.3, -0.25) is 9.69 Å². The van der Waals surface area contributed by atoms with Gasteiger partial charge in [-0.25, -0.2) is 4.79 Å². The average molecular weight is 201 g/mol. The summed E-state index contributed by atoms with van der Waals surface area (Å²) in [6.07, 6.45) is -0.535. The number of hydrogen-bond acceptors (Lipinski definition) is 4. The van der Waals surface area contributed by atoms with Crippen molar-refractivity contribution in [1.29, 1.82) is 0 Å². The molecule has 0 spiro atoms. The van der Waals surface area contributed by atoms with E-state index in [1.54, 1.807) is 13.8 Å². The molecule has 0 aromatic carbocycles. The van der Waals surface area contributed by atoms with Crippen molar-refractivity contribution < 1.29 is 19.1 Å². The summed E-state index contributed by atoms with van der Waals surface area (Å²) < 4.78 is 9.96. The molecule has 1 aliphatic rings. The minimum Gasteiger partial charge on any atom is -0.453 e. The van der Waals surface area contributed by atoms with Gasteiger partial charge in [0.25, 0.3) is 0 Å². The molecule has 1 fully saturated rings. The number of ether oxygens (including phenoxy) is 2. The van der Waals surface area contributed by atoms with Crippen LogP contribution in [0.3, 0.4) is 0 Å². The Hall–Kier alpha value is -1.10. The van der Waals surface area contributed by atoms with Crippen LogP contribution in [-0.4, -0.2) is 42.3 Å². The van der Waals surface area contributed by atoms with Crippen LogP contribution in [0.25, 0.3) is 0 Å². The summed E-state index contributed by atoms with van der Waals surface area (Å²) in [6.45, 7) is 5.13. The Morgan fingerprint density at radius 1 is 1.50 bits per heavy atom. The van der Waals surface area contributed by atoms with Crippen molar-refractivity contribution in [2.45, 2.75) is 32.5 Å². The molecule has 80 valence electrons. The number of amides is 1. The molecule has 14 heavy (non-hydrogen) atoms. The number of methoxy groups -OCH3 is 1. The highest BCUT2D eigenvalue weighted by Gasteiger charge is 2.46. The van der Waals surface area contributed by atoms with Crippen LogP contribution >= 0.6 is 0 Å². The first kappa shape index (κ1) is 11.0. The van der Waals surface area contributed by atoms with E-state index in [-0.39, 0.29) is 12.4 Å². The maximum absolute atomic E-state index is 11.4. The summed E-state index contributed by atoms with van der Waals surface area (Å²) in [5, 5.41) is 0. The topological polar surface area (TPSA) is 55.8 Å². The lowest BCUT2D eigenvalue weighted by atomic mass is 10.2. The lowest BCUT2D eigenvalue weighted by Crippen LogP contribution is -2.50. The summed E-state index contributed by atoms with van der Waals surface area (Å²) in [5.41, 5.74) is -0.774. The molecule has 0 aromatic heterocycles. The third-order valence-corrected chi connectivity index (χ3v) is 2.33. The molecule has 1 rings (SSSR count). The minimum atomic E-state index is -0.774. The van der Waals surface area contributed by atoms with Crippen molar-refractivity contribution in [2.24, 2.45) is 0 Å². The number of ketones is 1. The summed E-state index contributed by atoms with van der Waals surface area (Å²) in [5.74, 6) is -0.0963. The Labute approximate surface area is 83.0 Å². The Balaban J connectivity index is 2.92. The van der Waals surface area contributed by atoms with Crippen molar-refractivity contribution >= 4 is 11.9 Å². The normalized spacial score (nSPS) is 24.9. The quantitative estimate of drug-likeness (QED) is 0.629. The van der Waals surface area contributed by atoms with E-state index in [9.17, 15) is 9.59 Å². The van der Waals surface area contributed by atoms with Crippen molar-refractivity contribution in [3.8, 4) is 0 Å². The zero-order valence-corrected chi connectivity index (χ0v) is 8.86. The van der Waals surface area contributed by atoms with Crippen molar-refractivity contribution in [3.63, 3.8) is 0 Å². The molecule has 0 aliphatic carbocycles. The van der Waals surface area contributed by atoms with Crippen LogP contribution in [0.1, 0.15) is 20.8 Å². The molecule has 0 radical (unpaired) electrons. The molecule has 1 unspecified atom stereocenters. The second-order valence-electron chi connectivity index (χ2n) is 3.72. The zero-order chi connectivity index (χ0) is 10.9. The second kappa shape index (κ2) is 3.57. The zero-order valence-electron chi connectivity index (χ0n) is 8.86. The molecule has 0 aromatic rings. The molecule has 1 aliphatic heterocycles. The largest absolute Gasteiger partial charge is 0.453 e. The van der Waals surface area contributed by atoms with Gasteiger partial charge in [-0.15, -0.1) is 0 Å². The Morgan fingerprint density at radius 2 is 2.07 bits per heavy atom. The maximum atomic E-state index is 11.4. The van der Waals surface area contributed by atoms with Crippen LogP contribution in [0.5, 0.6) is 0 Å². The summed E-state index contributed by atoms with van der Waals surface area (Å²) in [7, 11) is 1.29. The van der Waals surface area contributed by atoms with E-state index in [0.717, 1.165) is 0 Å². The van der Waals surface area contributed by atoms with Gasteiger partial charge < -0.3 is 9.47 Å². The van der Waals surface area contributed by atoms with Gasteiger partial charge in [-0.1, -0.05) is 0 Å². The number of rotatable bonds is 1. The molecule has 0 saturated carbocycles. The number of hydrogen-bond donors (Lipinski definition) is 0. The van der Waals surface area contributed by atoms with E-state index in [0.29, 0.717) is 0 Å². The van der Waals surface area contributed by atoms with E-state index in [4.69, 9.17) is 4.74 Å². The lowest BCUT2D eigenvalue weighted by Gasteiger charge is -2.31. The molecule has 5 heteroatoms. The highest BCUT2D eigenvalue weighted by Crippen LogP contribution is 2.28. The Kier molecular flexibility index (Phi) is 2.80. The maximum Gasteiger partial charge on any atom is 0.412 e. The summed E-state index contributed by atoms with van der Waals surface area (Å²) in [4.78, 5) is 24.0. The van der Waals surface area contributed by atoms with Crippen LogP contribution in [0.2, 0.25) is 0 Å². The van der Waals surface area contributed by atoms with Crippen LogP contribution in [-0.2, 0) is 14.3 Å². The number of nitrogens with zero attached hydrogens (tertiary/aromatic N) is 1. The predicted octanol–water partition coefficient (Wildman–Crippen LogP) is 0.779. The number of carbonyl (C=O) groups is 2. The van der Waals surface area contributed by atoms with Crippen molar-refractivity contribution in [2.75, 3.05) is 13.7 Å². The lowest BCUT2D eigenvalue weighted by molar-refractivity contribution is -0.121. The third kappa shape index (κ3) is 1.72. The molecule has 5 nitrogen and oxygen atoms in total. The fraction of sp³-hybridized carbons (Fsp3) is 0.778. The van der Waals surface area contributed by atoms with Gasteiger partial charge in [-0.2, -0.15) is 0 Å². The standard InChI is InChI=1S/C9H15NO4/c1-6(11)7-5-14-9(2,3)10(7)8(12)13-4/h7H,5H2,1-4H3. The molecule has 0 bridgehead atoms. The van der Waals surface area contributed by atoms with E-state index >= 15 is 0 Å². The molecule has 1 heterocycles. The van der Waals surface area contributed by atoms with E-state index < -0.39 is 17.9 Å². The monoisotopic (exact) mass is 201 g/mol. The fourth-order valence-corrected chi connectivity index (χ4v) is 1.55. The van der Waals surface area contributed by atoms with Crippen LogP contribution in [0.15, 0.2) is 0 Å². The van der Waals surface area contributed by atoms with Crippen molar-refractivity contribution in [3.05, 3.63) is 0 Å². The van der Waals surface area contributed by atoms with Gasteiger partial charge in [0.1, 0.15) is 11.8 Å². The summed E-state index contributed by atoms with van der Waals surface area (Å²) >= 11 is 0. The molecular formula is C9H15NO4. The van der Waals surface area contributed by atoms with Gasteiger partial charge in [-0.05, 0) is 20.8 Å². The molecular weight excluding hydrogens is 186 g/mol. The first-order valence-corrected chi connectivity index (χ1v) is 4.42. The Morgan fingerprint density at radius 3 is 2.50 bits per heavy atom. The van der Waals surface area contributed by atoms with Gasteiger partial charge in [0, 0.05) is 0 Å². The van der Waals surface area contributed by atoms with Crippen LogP contribution in [0.4, 0.5) is 4.79 Å². The van der Waals surface area contributed by atoms with E-state index in [1.807, 2.05) is 0 Å². The molecule has 1 atom stereocenters. The highest BCUT2D eigenvalue weighted by atomic mass is 16.6. The van der Waals surface area contributed by atoms with Gasteiger partial charge in [0.05, 0.1) is 13.7 Å². The SMILES string of the molecule is COC(=O)N1C(C(C)=O)COC1(C)C. The highest BCUT2D eigenvalue weighted by molar-refractivity contribution is 5.86. The third-order valence-electron chi connectivity index (χ3n) is 2.33. The van der Waals surface area contributed by atoms with E-state index in [1.165, 1.54) is 18.9 Å². The number of carbonyl (C=O) groups excluding carboxylic acids is 2. The smallest absolute Gasteiger partial charge is 0.412 e. The first-order valence-electron chi connectivity index (χ1n) is 4.42. The number of Topliss-reactive ketones (excluding diaryl/α,β-unsaturated/α-hetero) is 1. The van der Waals surface area contributed by atoms with Crippen LogP contribution in [0, 0.1) is 0 Å². The first-order chi connectivity index (χ1) is 6.40. The van der Waals surface area contributed by atoms with Gasteiger partial charge >= 0.3 is 6.09 Å². The average Bonchev–Trinajstić information content (AvgIpc) is 2.40. The van der Waals surface area contributed by atoms with Gasteiger partial charge in [0.2, 0.25) is 0 Å². The fourth-order valence-electron chi connectivity index (χ4n) is 1.55. The van der Waals surface area contributed by atoms with Gasteiger partial charge in [0.15, 0.2) is 5.78 Å². The molecule has 1 amide bonds. The predicted molar refractivity (Wildman–Crippen MR) is 48.7 cm³/mol. The minimum absolute atomic E-state index is 0.0963.